The predicted molar refractivity (Wildman–Crippen MR) is 76.0 cm³/mol. The summed E-state index contributed by atoms with van der Waals surface area (Å²) in [6.07, 6.45) is 3.44. The molecule has 0 saturated carbocycles. The number of hydrogen-bond donors (Lipinski definition) is 3. The SMILES string of the molecule is CC(C)C(O)CCNC(=O)C1(C)CCCCN1.Cl. The minimum absolute atomic E-state index is 0. The molecule has 2 unspecified atom stereocenters. The Labute approximate surface area is 116 Å². The number of nitrogens with one attached hydrogen (secondary N) is 2. The molecule has 4 nitrogen and oxygen atoms in total. The maximum Gasteiger partial charge on any atom is 0.240 e. The van der Waals surface area contributed by atoms with Crippen LogP contribution in [0.2, 0.25) is 0 Å². The zero-order valence-corrected chi connectivity index (χ0v) is 12.5. The first-order valence-corrected chi connectivity index (χ1v) is 6.67. The summed E-state index contributed by atoms with van der Waals surface area (Å²) < 4.78 is 0. The second kappa shape index (κ2) is 7.97. The van der Waals surface area contributed by atoms with Crippen molar-refractivity contribution >= 4 is 18.3 Å². The standard InChI is InChI=1S/C13H26N2O2.ClH/c1-10(2)11(16)6-9-14-12(17)13(3)7-4-5-8-15-13;/h10-11,15-16H,4-9H2,1-3H3,(H,14,17);1H. The van der Waals surface area contributed by atoms with Gasteiger partial charge in [-0.15, -0.1) is 12.4 Å². The van der Waals surface area contributed by atoms with Gasteiger partial charge in [-0.2, -0.15) is 0 Å². The molecule has 2 atom stereocenters. The van der Waals surface area contributed by atoms with Gasteiger partial charge in [0.2, 0.25) is 5.91 Å². The molecule has 0 aromatic rings. The van der Waals surface area contributed by atoms with Gasteiger partial charge in [0.25, 0.3) is 0 Å². The highest BCUT2D eigenvalue weighted by Crippen LogP contribution is 2.18. The van der Waals surface area contributed by atoms with Crippen LogP contribution in [0.25, 0.3) is 0 Å². The van der Waals surface area contributed by atoms with E-state index in [9.17, 15) is 9.90 Å². The lowest BCUT2D eigenvalue weighted by Crippen LogP contribution is -2.57. The minimum atomic E-state index is -0.416. The van der Waals surface area contributed by atoms with E-state index in [0.29, 0.717) is 13.0 Å². The Morgan fingerprint density at radius 2 is 2.11 bits per heavy atom. The number of rotatable bonds is 5. The largest absolute Gasteiger partial charge is 0.393 e. The summed E-state index contributed by atoms with van der Waals surface area (Å²) >= 11 is 0. The molecule has 1 aliphatic rings. The van der Waals surface area contributed by atoms with Gasteiger partial charge in [-0.25, -0.2) is 0 Å². The molecule has 0 aliphatic carbocycles. The summed E-state index contributed by atoms with van der Waals surface area (Å²) in [5.74, 6) is 0.309. The molecule has 108 valence electrons. The van der Waals surface area contributed by atoms with Gasteiger partial charge in [0, 0.05) is 6.54 Å². The summed E-state index contributed by atoms with van der Waals surface area (Å²) in [5.41, 5.74) is -0.416. The van der Waals surface area contributed by atoms with E-state index in [4.69, 9.17) is 0 Å². The number of amides is 1. The van der Waals surface area contributed by atoms with Crippen molar-refractivity contribution < 1.29 is 9.90 Å². The van der Waals surface area contributed by atoms with Crippen molar-refractivity contribution in [3.8, 4) is 0 Å². The quantitative estimate of drug-likeness (QED) is 0.714. The fourth-order valence-corrected chi connectivity index (χ4v) is 2.11. The lowest BCUT2D eigenvalue weighted by Gasteiger charge is -2.33. The molecular formula is C13H27ClN2O2. The number of aliphatic hydroxyl groups is 1. The second-order valence-electron chi connectivity index (χ2n) is 5.57. The Balaban J connectivity index is 0.00000289. The molecule has 1 fully saturated rings. The van der Waals surface area contributed by atoms with E-state index in [2.05, 4.69) is 10.6 Å². The molecule has 1 heterocycles. The first-order chi connectivity index (χ1) is 7.96. The van der Waals surface area contributed by atoms with Crippen molar-refractivity contribution in [3.05, 3.63) is 0 Å². The highest BCUT2D eigenvalue weighted by molar-refractivity contribution is 5.86. The van der Waals surface area contributed by atoms with Gasteiger partial charge in [0.05, 0.1) is 11.6 Å². The normalized spacial score (nSPS) is 25.4. The molecule has 1 rings (SSSR count). The number of halogens is 1. The van der Waals surface area contributed by atoms with E-state index < -0.39 is 5.54 Å². The molecule has 5 heteroatoms. The van der Waals surface area contributed by atoms with Crippen LogP contribution in [0.3, 0.4) is 0 Å². The zero-order chi connectivity index (χ0) is 12.9. The monoisotopic (exact) mass is 278 g/mol. The third-order valence-electron chi connectivity index (χ3n) is 3.62. The van der Waals surface area contributed by atoms with E-state index in [0.717, 1.165) is 25.8 Å². The Morgan fingerprint density at radius 1 is 1.44 bits per heavy atom. The first-order valence-electron chi connectivity index (χ1n) is 6.67. The van der Waals surface area contributed by atoms with E-state index in [-0.39, 0.29) is 30.3 Å². The molecule has 1 saturated heterocycles. The number of aliphatic hydroxyl groups excluding tert-OH is 1. The highest BCUT2D eigenvalue weighted by Gasteiger charge is 2.33. The summed E-state index contributed by atoms with van der Waals surface area (Å²) in [6, 6.07) is 0. The lowest BCUT2D eigenvalue weighted by atomic mass is 9.90. The highest BCUT2D eigenvalue weighted by atomic mass is 35.5. The van der Waals surface area contributed by atoms with Crippen molar-refractivity contribution in [2.24, 2.45) is 5.92 Å². The summed E-state index contributed by atoms with van der Waals surface area (Å²) in [6.45, 7) is 7.39. The molecule has 0 radical (unpaired) electrons. The second-order valence-corrected chi connectivity index (χ2v) is 5.57. The van der Waals surface area contributed by atoms with Crippen molar-refractivity contribution in [2.75, 3.05) is 13.1 Å². The molecule has 0 spiro atoms. The predicted octanol–water partition coefficient (Wildman–Crippen LogP) is 1.46. The maximum absolute atomic E-state index is 12.0. The van der Waals surface area contributed by atoms with Gasteiger partial charge in [-0.1, -0.05) is 13.8 Å². The molecular weight excluding hydrogens is 252 g/mol. The van der Waals surface area contributed by atoms with Crippen LogP contribution in [0.15, 0.2) is 0 Å². The van der Waals surface area contributed by atoms with Gasteiger partial charge >= 0.3 is 0 Å². The van der Waals surface area contributed by atoms with Crippen molar-refractivity contribution in [1.82, 2.24) is 10.6 Å². The van der Waals surface area contributed by atoms with Gasteiger partial charge < -0.3 is 15.7 Å². The zero-order valence-electron chi connectivity index (χ0n) is 11.7. The fourth-order valence-electron chi connectivity index (χ4n) is 2.11. The summed E-state index contributed by atoms with van der Waals surface area (Å²) in [4.78, 5) is 12.0. The van der Waals surface area contributed by atoms with Crippen molar-refractivity contribution in [1.29, 1.82) is 0 Å². The third-order valence-corrected chi connectivity index (χ3v) is 3.62. The Bertz CT molecular complexity index is 253. The Kier molecular flexibility index (Phi) is 7.83. The van der Waals surface area contributed by atoms with Gasteiger partial charge in [0.1, 0.15) is 0 Å². The molecule has 0 bridgehead atoms. The lowest BCUT2D eigenvalue weighted by molar-refractivity contribution is -0.128. The number of hydrogen-bond acceptors (Lipinski definition) is 3. The average molecular weight is 279 g/mol. The maximum atomic E-state index is 12.0. The van der Waals surface area contributed by atoms with Crippen LogP contribution < -0.4 is 10.6 Å². The first kappa shape index (κ1) is 17.7. The van der Waals surface area contributed by atoms with Gasteiger partial charge in [-0.05, 0) is 45.1 Å². The van der Waals surface area contributed by atoms with Crippen LogP contribution in [-0.2, 0) is 4.79 Å². The molecule has 3 N–H and O–H groups in total. The van der Waals surface area contributed by atoms with Crippen LogP contribution in [-0.4, -0.2) is 35.7 Å². The third kappa shape index (κ3) is 5.12. The van der Waals surface area contributed by atoms with E-state index >= 15 is 0 Å². The van der Waals surface area contributed by atoms with Crippen LogP contribution in [0.5, 0.6) is 0 Å². The minimum Gasteiger partial charge on any atom is -0.393 e. The van der Waals surface area contributed by atoms with Gasteiger partial charge in [-0.3, -0.25) is 4.79 Å². The van der Waals surface area contributed by atoms with E-state index in [1.807, 2.05) is 20.8 Å². The van der Waals surface area contributed by atoms with Crippen molar-refractivity contribution in [3.63, 3.8) is 0 Å². The van der Waals surface area contributed by atoms with Crippen LogP contribution >= 0.6 is 12.4 Å². The van der Waals surface area contributed by atoms with E-state index in [1.165, 1.54) is 0 Å². The fraction of sp³-hybridized carbons (Fsp3) is 0.923. The Morgan fingerprint density at radius 3 is 2.61 bits per heavy atom. The van der Waals surface area contributed by atoms with Gasteiger partial charge in [0.15, 0.2) is 0 Å². The Hall–Kier alpha value is -0.320. The van der Waals surface area contributed by atoms with Crippen LogP contribution in [0.1, 0.15) is 46.5 Å². The summed E-state index contributed by atoms with van der Waals surface area (Å²) in [7, 11) is 0. The molecule has 18 heavy (non-hydrogen) atoms. The van der Waals surface area contributed by atoms with Crippen LogP contribution in [0.4, 0.5) is 0 Å². The smallest absolute Gasteiger partial charge is 0.240 e. The molecule has 0 aromatic carbocycles. The molecule has 1 amide bonds. The molecule has 1 aliphatic heterocycles. The summed E-state index contributed by atoms with van der Waals surface area (Å²) in [5, 5.41) is 15.8. The average Bonchev–Trinajstić information content (AvgIpc) is 2.29. The van der Waals surface area contributed by atoms with E-state index in [1.54, 1.807) is 0 Å². The van der Waals surface area contributed by atoms with Crippen LogP contribution in [0, 0.1) is 5.92 Å². The molecule has 0 aromatic heterocycles. The number of piperidine rings is 1. The number of carbonyl (C=O) groups excluding carboxylic acids is 1. The number of carbonyl (C=O) groups is 1. The topological polar surface area (TPSA) is 61.4 Å². The van der Waals surface area contributed by atoms with Crippen molar-refractivity contribution in [2.45, 2.75) is 58.1 Å².